The van der Waals surface area contributed by atoms with E-state index in [1.165, 1.54) is 19.3 Å². The Balaban J connectivity index is 2.06. The molecule has 1 N–H and O–H groups in total. The van der Waals surface area contributed by atoms with Crippen LogP contribution in [0, 0.1) is 6.92 Å². The molecule has 0 atom stereocenters. The number of carbonyl (C=O) groups is 1. The SMILES string of the molecule is Cc1nc(C(C)C)ncc1C(=O)NC1CCCCC1. The van der Waals surface area contributed by atoms with Crippen molar-refractivity contribution in [1.29, 1.82) is 0 Å². The molecule has 1 saturated carbocycles. The molecule has 19 heavy (non-hydrogen) atoms. The Labute approximate surface area is 115 Å². The molecule has 1 aliphatic rings. The fraction of sp³-hybridized carbons (Fsp3) is 0.667. The fourth-order valence-corrected chi connectivity index (χ4v) is 2.50. The standard InChI is InChI=1S/C15H23N3O/c1-10(2)14-16-9-13(11(3)17-14)15(19)18-12-7-5-4-6-8-12/h9-10,12H,4-8H2,1-3H3,(H,18,19). The lowest BCUT2D eigenvalue weighted by atomic mass is 9.95. The zero-order valence-electron chi connectivity index (χ0n) is 12.1. The van der Waals surface area contributed by atoms with Gasteiger partial charge in [0, 0.05) is 18.2 Å². The maximum atomic E-state index is 12.2. The predicted molar refractivity (Wildman–Crippen MR) is 75.2 cm³/mol. The molecule has 0 aromatic carbocycles. The maximum Gasteiger partial charge on any atom is 0.254 e. The molecule has 0 saturated heterocycles. The number of amides is 1. The van der Waals surface area contributed by atoms with Gasteiger partial charge in [0.25, 0.3) is 5.91 Å². The van der Waals surface area contributed by atoms with Crippen molar-refractivity contribution in [3.8, 4) is 0 Å². The quantitative estimate of drug-likeness (QED) is 0.910. The number of aryl methyl sites for hydroxylation is 1. The van der Waals surface area contributed by atoms with Gasteiger partial charge in [-0.25, -0.2) is 9.97 Å². The third-order valence-corrected chi connectivity index (χ3v) is 3.70. The van der Waals surface area contributed by atoms with Crippen LogP contribution in [0.3, 0.4) is 0 Å². The van der Waals surface area contributed by atoms with E-state index in [0.717, 1.165) is 24.4 Å². The molecular formula is C15H23N3O. The molecule has 1 aromatic rings. The molecule has 4 heteroatoms. The van der Waals surface area contributed by atoms with Gasteiger partial charge in [-0.1, -0.05) is 33.1 Å². The van der Waals surface area contributed by atoms with Crippen molar-refractivity contribution in [3.05, 3.63) is 23.3 Å². The molecule has 2 rings (SSSR count). The molecule has 4 nitrogen and oxygen atoms in total. The molecule has 0 spiro atoms. The Hall–Kier alpha value is -1.45. The van der Waals surface area contributed by atoms with Crippen LogP contribution < -0.4 is 5.32 Å². The Morgan fingerprint density at radius 1 is 1.32 bits per heavy atom. The van der Waals surface area contributed by atoms with Crippen LogP contribution in [0.1, 0.15) is 73.7 Å². The number of carbonyl (C=O) groups excluding carboxylic acids is 1. The van der Waals surface area contributed by atoms with Gasteiger partial charge in [0.2, 0.25) is 0 Å². The summed E-state index contributed by atoms with van der Waals surface area (Å²) in [6.07, 6.45) is 7.57. The number of hydrogen-bond acceptors (Lipinski definition) is 3. The zero-order valence-corrected chi connectivity index (χ0v) is 12.1. The molecule has 1 amide bonds. The van der Waals surface area contributed by atoms with Crippen molar-refractivity contribution < 1.29 is 4.79 Å². The third-order valence-electron chi connectivity index (χ3n) is 3.70. The summed E-state index contributed by atoms with van der Waals surface area (Å²) in [5, 5.41) is 3.11. The molecule has 1 fully saturated rings. The summed E-state index contributed by atoms with van der Waals surface area (Å²) < 4.78 is 0. The molecule has 1 heterocycles. The van der Waals surface area contributed by atoms with Gasteiger partial charge < -0.3 is 5.32 Å². The average Bonchev–Trinajstić information content (AvgIpc) is 2.39. The van der Waals surface area contributed by atoms with E-state index in [1.54, 1.807) is 6.20 Å². The van der Waals surface area contributed by atoms with Crippen molar-refractivity contribution >= 4 is 5.91 Å². The zero-order chi connectivity index (χ0) is 13.8. The number of nitrogens with zero attached hydrogens (tertiary/aromatic N) is 2. The van der Waals surface area contributed by atoms with Crippen LogP contribution >= 0.6 is 0 Å². The minimum absolute atomic E-state index is 0.0280. The van der Waals surface area contributed by atoms with Gasteiger partial charge in [-0.2, -0.15) is 0 Å². The molecular weight excluding hydrogens is 238 g/mol. The van der Waals surface area contributed by atoms with E-state index < -0.39 is 0 Å². The summed E-state index contributed by atoms with van der Waals surface area (Å²) in [5.74, 6) is 1.06. The normalized spacial score (nSPS) is 16.6. The molecule has 0 aliphatic heterocycles. The smallest absolute Gasteiger partial charge is 0.254 e. The van der Waals surface area contributed by atoms with Crippen LogP contribution in [-0.2, 0) is 0 Å². The highest BCUT2D eigenvalue weighted by Gasteiger charge is 2.19. The van der Waals surface area contributed by atoms with Crippen LogP contribution in [0.15, 0.2) is 6.20 Å². The van der Waals surface area contributed by atoms with E-state index in [4.69, 9.17) is 0 Å². The highest BCUT2D eigenvalue weighted by Crippen LogP contribution is 2.18. The first kappa shape index (κ1) is 14.0. The predicted octanol–water partition coefficient (Wildman–Crippen LogP) is 2.97. The number of hydrogen-bond donors (Lipinski definition) is 1. The van der Waals surface area contributed by atoms with Crippen molar-refractivity contribution in [3.63, 3.8) is 0 Å². The second-order valence-electron chi connectivity index (χ2n) is 5.69. The Bertz CT molecular complexity index is 451. The minimum Gasteiger partial charge on any atom is -0.349 e. The molecule has 1 aliphatic carbocycles. The summed E-state index contributed by atoms with van der Waals surface area (Å²) in [7, 11) is 0. The molecule has 1 aromatic heterocycles. The van der Waals surface area contributed by atoms with Gasteiger partial charge in [-0.05, 0) is 19.8 Å². The number of aromatic nitrogens is 2. The van der Waals surface area contributed by atoms with Crippen molar-refractivity contribution in [2.75, 3.05) is 0 Å². The van der Waals surface area contributed by atoms with Gasteiger partial charge in [0.1, 0.15) is 5.82 Å². The second-order valence-corrected chi connectivity index (χ2v) is 5.69. The molecule has 0 unspecified atom stereocenters. The fourth-order valence-electron chi connectivity index (χ4n) is 2.50. The highest BCUT2D eigenvalue weighted by atomic mass is 16.1. The first-order chi connectivity index (χ1) is 9.08. The lowest BCUT2D eigenvalue weighted by Gasteiger charge is -2.23. The van der Waals surface area contributed by atoms with E-state index >= 15 is 0 Å². The second kappa shape index (κ2) is 6.13. The van der Waals surface area contributed by atoms with Crippen molar-refractivity contribution in [1.82, 2.24) is 15.3 Å². The van der Waals surface area contributed by atoms with Crippen LogP contribution in [-0.4, -0.2) is 21.9 Å². The lowest BCUT2D eigenvalue weighted by Crippen LogP contribution is -2.36. The Morgan fingerprint density at radius 2 is 2.00 bits per heavy atom. The summed E-state index contributed by atoms with van der Waals surface area (Å²) in [4.78, 5) is 20.9. The van der Waals surface area contributed by atoms with E-state index in [2.05, 4.69) is 29.1 Å². The highest BCUT2D eigenvalue weighted by molar-refractivity contribution is 5.95. The summed E-state index contributed by atoms with van der Waals surface area (Å²) >= 11 is 0. The van der Waals surface area contributed by atoms with Gasteiger partial charge >= 0.3 is 0 Å². The van der Waals surface area contributed by atoms with Crippen LogP contribution in [0.25, 0.3) is 0 Å². The lowest BCUT2D eigenvalue weighted by molar-refractivity contribution is 0.0926. The first-order valence-electron chi connectivity index (χ1n) is 7.22. The van der Waals surface area contributed by atoms with Crippen LogP contribution in [0.5, 0.6) is 0 Å². The topological polar surface area (TPSA) is 54.9 Å². The summed E-state index contributed by atoms with van der Waals surface area (Å²) in [5.41, 5.74) is 1.38. The van der Waals surface area contributed by atoms with E-state index in [-0.39, 0.29) is 11.8 Å². The summed E-state index contributed by atoms with van der Waals surface area (Å²) in [6, 6.07) is 0.324. The van der Waals surface area contributed by atoms with E-state index in [0.29, 0.717) is 11.6 Å². The monoisotopic (exact) mass is 261 g/mol. The largest absolute Gasteiger partial charge is 0.349 e. The third kappa shape index (κ3) is 3.52. The molecule has 104 valence electrons. The van der Waals surface area contributed by atoms with Gasteiger partial charge in [0.15, 0.2) is 0 Å². The van der Waals surface area contributed by atoms with Gasteiger partial charge in [-0.15, -0.1) is 0 Å². The van der Waals surface area contributed by atoms with Crippen LogP contribution in [0.2, 0.25) is 0 Å². The van der Waals surface area contributed by atoms with E-state index in [1.807, 2.05) is 6.92 Å². The molecule has 0 radical (unpaired) electrons. The Morgan fingerprint density at radius 3 is 2.58 bits per heavy atom. The first-order valence-corrected chi connectivity index (χ1v) is 7.22. The van der Waals surface area contributed by atoms with Gasteiger partial charge in [0.05, 0.1) is 11.3 Å². The maximum absolute atomic E-state index is 12.2. The van der Waals surface area contributed by atoms with Crippen molar-refractivity contribution in [2.24, 2.45) is 0 Å². The number of rotatable bonds is 3. The summed E-state index contributed by atoms with van der Waals surface area (Å²) in [6.45, 7) is 5.98. The van der Waals surface area contributed by atoms with Crippen molar-refractivity contribution in [2.45, 2.75) is 64.8 Å². The average molecular weight is 261 g/mol. The van der Waals surface area contributed by atoms with Gasteiger partial charge in [-0.3, -0.25) is 4.79 Å². The number of nitrogens with one attached hydrogen (secondary N) is 1. The van der Waals surface area contributed by atoms with Crippen LogP contribution in [0.4, 0.5) is 0 Å². The Kier molecular flexibility index (Phi) is 4.51. The molecule has 0 bridgehead atoms. The van der Waals surface area contributed by atoms with E-state index in [9.17, 15) is 4.79 Å². The minimum atomic E-state index is -0.0280.